The van der Waals surface area contributed by atoms with Crippen LogP contribution in [0.4, 0.5) is 0 Å². The molecule has 0 amide bonds. The molecule has 4 heteroatoms. The summed E-state index contributed by atoms with van der Waals surface area (Å²) in [4.78, 5) is 22.9. The van der Waals surface area contributed by atoms with Crippen LogP contribution in [-0.4, -0.2) is 22.9 Å². The summed E-state index contributed by atoms with van der Waals surface area (Å²) in [5.41, 5.74) is 7.03. The third kappa shape index (κ3) is 8.06. The van der Waals surface area contributed by atoms with Gasteiger partial charge >= 0.3 is 5.97 Å². The summed E-state index contributed by atoms with van der Waals surface area (Å²) in [6.07, 6.45) is 10.7. The van der Waals surface area contributed by atoms with Crippen LogP contribution in [0.15, 0.2) is 36.9 Å². The molecule has 4 nitrogen and oxygen atoms in total. The second kappa shape index (κ2) is 11.6. The molecule has 0 radical (unpaired) electrons. The van der Waals surface area contributed by atoms with Gasteiger partial charge in [0.25, 0.3) is 0 Å². The van der Waals surface area contributed by atoms with Crippen molar-refractivity contribution in [1.29, 1.82) is 0 Å². The first-order valence-corrected chi connectivity index (χ1v) is 8.76. The zero-order valence-electron chi connectivity index (χ0n) is 14.4. The highest BCUT2D eigenvalue weighted by atomic mass is 16.4. The molecule has 132 valence electrons. The number of carboxylic acids is 1. The van der Waals surface area contributed by atoms with E-state index in [1.807, 2.05) is 6.08 Å². The molecule has 1 aromatic carbocycles. The quantitative estimate of drug-likeness (QED) is 0.323. The van der Waals surface area contributed by atoms with E-state index < -0.39 is 12.0 Å². The second-order valence-corrected chi connectivity index (χ2v) is 6.22. The number of aliphatic carboxylic acids is 1. The number of hydrogen-bond donors (Lipinski definition) is 2. The SMILES string of the molecule is C=CCCCCCCCCC(=O)c1ccc(C[C@H](N)C(=O)O)cc1. The number of allylic oxidation sites excluding steroid dienone is 1. The number of Topliss-reactive ketones (excluding diaryl/α,β-unsaturated/α-hetero) is 1. The summed E-state index contributed by atoms with van der Waals surface area (Å²) in [5, 5.41) is 8.80. The number of carbonyl (C=O) groups is 2. The molecule has 0 unspecified atom stereocenters. The molecule has 0 aliphatic rings. The van der Waals surface area contributed by atoms with Crippen LogP contribution in [0.1, 0.15) is 67.3 Å². The van der Waals surface area contributed by atoms with Gasteiger partial charge < -0.3 is 10.8 Å². The van der Waals surface area contributed by atoms with E-state index >= 15 is 0 Å². The summed E-state index contributed by atoms with van der Waals surface area (Å²) in [6.45, 7) is 3.71. The second-order valence-electron chi connectivity index (χ2n) is 6.22. The molecule has 0 heterocycles. The van der Waals surface area contributed by atoms with Crippen LogP contribution >= 0.6 is 0 Å². The van der Waals surface area contributed by atoms with Crippen LogP contribution in [-0.2, 0) is 11.2 Å². The molecule has 0 aromatic heterocycles. The zero-order valence-corrected chi connectivity index (χ0v) is 14.4. The molecule has 0 aliphatic heterocycles. The Morgan fingerprint density at radius 1 is 1.04 bits per heavy atom. The number of hydrogen-bond acceptors (Lipinski definition) is 3. The first kappa shape index (κ1) is 20.1. The van der Waals surface area contributed by atoms with E-state index in [4.69, 9.17) is 10.8 Å². The fourth-order valence-corrected chi connectivity index (χ4v) is 2.59. The Labute approximate surface area is 144 Å². The van der Waals surface area contributed by atoms with Gasteiger partial charge in [-0.05, 0) is 31.2 Å². The Kier molecular flexibility index (Phi) is 9.70. The highest BCUT2D eigenvalue weighted by Crippen LogP contribution is 2.13. The summed E-state index contributed by atoms with van der Waals surface area (Å²) in [7, 11) is 0. The molecule has 0 bridgehead atoms. The van der Waals surface area contributed by atoms with Crippen LogP contribution in [0.3, 0.4) is 0 Å². The lowest BCUT2D eigenvalue weighted by Crippen LogP contribution is -2.32. The van der Waals surface area contributed by atoms with Crippen molar-refractivity contribution in [3.63, 3.8) is 0 Å². The zero-order chi connectivity index (χ0) is 17.8. The van der Waals surface area contributed by atoms with Gasteiger partial charge in [0.05, 0.1) is 0 Å². The lowest BCUT2D eigenvalue weighted by molar-refractivity contribution is -0.138. The first-order chi connectivity index (χ1) is 11.5. The number of carboxylic acid groups (broad SMARTS) is 1. The predicted molar refractivity (Wildman–Crippen MR) is 97.2 cm³/mol. The molecule has 1 atom stereocenters. The minimum atomic E-state index is -1.01. The van der Waals surface area contributed by atoms with Crippen molar-refractivity contribution >= 4 is 11.8 Å². The standard InChI is InChI=1S/C20H29NO3/c1-2-3-4-5-6-7-8-9-10-19(22)17-13-11-16(12-14-17)15-18(21)20(23)24/h2,11-14,18H,1,3-10,15,21H2,(H,23,24)/t18-/m0/s1. The fourth-order valence-electron chi connectivity index (χ4n) is 2.59. The van der Waals surface area contributed by atoms with Crippen molar-refractivity contribution in [2.24, 2.45) is 5.73 Å². The molecule has 0 aliphatic carbocycles. The molecular weight excluding hydrogens is 302 g/mol. The number of ketones is 1. The molecule has 1 aromatic rings. The highest BCUT2D eigenvalue weighted by molar-refractivity contribution is 5.96. The number of unbranched alkanes of at least 4 members (excludes halogenated alkanes) is 6. The number of benzene rings is 1. The molecular formula is C20H29NO3. The van der Waals surface area contributed by atoms with Crippen LogP contribution < -0.4 is 5.73 Å². The average Bonchev–Trinajstić information content (AvgIpc) is 2.57. The number of rotatable bonds is 13. The third-order valence-corrected chi connectivity index (χ3v) is 4.11. The van der Waals surface area contributed by atoms with E-state index in [-0.39, 0.29) is 12.2 Å². The van der Waals surface area contributed by atoms with Crippen molar-refractivity contribution in [3.8, 4) is 0 Å². The molecule has 1 rings (SSSR count). The van der Waals surface area contributed by atoms with Crippen LogP contribution in [0.2, 0.25) is 0 Å². The monoisotopic (exact) mass is 331 g/mol. The van der Waals surface area contributed by atoms with E-state index in [9.17, 15) is 9.59 Å². The van der Waals surface area contributed by atoms with Crippen LogP contribution in [0.25, 0.3) is 0 Å². The van der Waals surface area contributed by atoms with Gasteiger partial charge in [-0.25, -0.2) is 0 Å². The summed E-state index contributed by atoms with van der Waals surface area (Å²) >= 11 is 0. The Morgan fingerprint density at radius 3 is 2.21 bits per heavy atom. The maximum absolute atomic E-state index is 12.1. The van der Waals surface area contributed by atoms with Gasteiger partial charge in [-0.1, -0.05) is 56.0 Å². The summed E-state index contributed by atoms with van der Waals surface area (Å²) in [6, 6.07) is 6.20. The Balaban J connectivity index is 2.25. The molecule has 3 N–H and O–H groups in total. The molecule has 0 fully saturated rings. The molecule has 24 heavy (non-hydrogen) atoms. The topological polar surface area (TPSA) is 80.4 Å². The van der Waals surface area contributed by atoms with E-state index in [1.165, 1.54) is 25.7 Å². The lowest BCUT2D eigenvalue weighted by Gasteiger charge is -2.07. The Bertz CT molecular complexity index is 522. The average molecular weight is 331 g/mol. The lowest BCUT2D eigenvalue weighted by atomic mass is 10.00. The first-order valence-electron chi connectivity index (χ1n) is 8.76. The van der Waals surface area contributed by atoms with Gasteiger partial charge in [-0.15, -0.1) is 6.58 Å². The van der Waals surface area contributed by atoms with Gasteiger partial charge in [-0.3, -0.25) is 9.59 Å². The summed E-state index contributed by atoms with van der Waals surface area (Å²) < 4.78 is 0. The highest BCUT2D eigenvalue weighted by Gasteiger charge is 2.12. The van der Waals surface area contributed by atoms with Crippen LogP contribution in [0.5, 0.6) is 0 Å². The van der Waals surface area contributed by atoms with E-state index in [0.717, 1.165) is 24.8 Å². The van der Waals surface area contributed by atoms with Crippen molar-refractivity contribution in [2.45, 2.75) is 63.8 Å². The van der Waals surface area contributed by atoms with Gasteiger partial charge in [0.2, 0.25) is 0 Å². The van der Waals surface area contributed by atoms with Crippen molar-refractivity contribution < 1.29 is 14.7 Å². The maximum atomic E-state index is 12.1. The Hall–Kier alpha value is -1.94. The van der Waals surface area contributed by atoms with Gasteiger partial charge in [0, 0.05) is 12.0 Å². The van der Waals surface area contributed by atoms with Crippen molar-refractivity contribution in [3.05, 3.63) is 48.0 Å². The van der Waals surface area contributed by atoms with E-state index in [2.05, 4.69) is 6.58 Å². The fraction of sp³-hybridized carbons (Fsp3) is 0.500. The minimum absolute atomic E-state index is 0.149. The number of carbonyl (C=O) groups excluding carboxylic acids is 1. The molecule has 0 spiro atoms. The number of nitrogens with two attached hydrogens (primary N) is 1. The maximum Gasteiger partial charge on any atom is 0.320 e. The third-order valence-electron chi connectivity index (χ3n) is 4.11. The summed E-state index contributed by atoms with van der Waals surface area (Å²) in [5.74, 6) is -0.865. The predicted octanol–water partition coefficient (Wildman–Crippen LogP) is 4.13. The normalized spacial score (nSPS) is 11.9. The smallest absolute Gasteiger partial charge is 0.320 e. The van der Waals surface area contributed by atoms with Gasteiger partial charge in [-0.2, -0.15) is 0 Å². The molecule has 0 saturated heterocycles. The van der Waals surface area contributed by atoms with Crippen molar-refractivity contribution in [1.82, 2.24) is 0 Å². The van der Waals surface area contributed by atoms with E-state index in [0.29, 0.717) is 12.0 Å². The van der Waals surface area contributed by atoms with E-state index in [1.54, 1.807) is 24.3 Å². The largest absolute Gasteiger partial charge is 0.480 e. The van der Waals surface area contributed by atoms with Crippen LogP contribution in [0, 0.1) is 0 Å². The Morgan fingerprint density at radius 2 is 1.62 bits per heavy atom. The van der Waals surface area contributed by atoms with Gasteiger partial charge in [0.15, 0.2) is 5.78 Å². The molecule has 0 saturated carbocycles. The van der Waals surface area contributed by atoms with Gasteiger partial charge in [0.1, 0.15) is 6.04 Å². The van der Waals surface area contributed by atoms with Crippen molar-refractivity contribution in [2.75, 3.05) is 0 Å². The minimum Gasteiger partial charge on any atom is -0.480 e.